The van der Waals surface area contributed by atoms with Crippen molar-refractivity contribution in [2.45, 2.75) is 6.54 Å². The highest BCUT2D eigenvalue weighted by Crippen LogP contribution is 2.25. The van der Waals surface area contributed by atoms with E-state index in [1.807, 2.05) is 0 Å². The summed E-state index contributed by atoms with van der Waals surface area (Å²) in [6, 6.07) is 8.86. The summed E-state index contributed by atoms with van der Waals surface area (Å²) >= 11 is 0. The van der Waals surface area contributed by atoms with Crippen LogP contribution in [0.3, 0.4) is 0 Å². The molecule has 0 fully saturated rings. The van der Waals surface area contributed by atoms with Gasteiger partial charge in [-0.05, 0) is 29.8 Å². The van der Waals surface area contributed by atoms with Crippen LogP contribution in [0.25, 0.3) is 11.0 Å². The van der Waals surface area contributed by atoms with Crippen LogP contribution < -0.4 is 15.6 Å². The van der Waals surface area contributed by atoms with Crippen LogP contribution in [0.15, 0.2) is 47.4 Å². The molecule has 0 bridgehead atoms. The number of nitrogens with one attached hydrogen (secondary N) is 3. The number of thiol groups is 1. The molecule has 0 radical (unpaired) electrons. The van der Waals surface area contributed by atoms with Gasteiger partial charge in [0.15, 0.2) is 0 Å². The van der Waals surface area contributed by atoms with Crippen molar-refractivity contribution in [3.05, 3.63) is 64.3 Å². The molecule has 140 valence electrons. The Morgan fingerprint density at radius 1 is 1.08 bits per heavy atom. The Kier molecular flexibility index (Phi) is 7.97. The maximum Gasteiger partial charge on any atom is 0.249 e. The summed E-state index contributed by atoms with van der Waals surface area (Å²) in [5, 5.41) is 3.57. The average molecular weight is 421 g/mol. The lowest BCUT2D eigenvalue weighted by atomic mass is 10.1. The number of H-pyrrole nitrogens is 1. The van der Waals surface area contributed by atoms with Crippen molar-refractivity contribution in [1.29, 1.82) is 0 Å². The molecule has 0 saturated heterocycles. The number of rotatable bonds is 5. The molecule has 0 spiro atoms. The summed E-state index contributed by atoms with van der Waals surface area (Å²) < 4.78 is 37.5. The molecular formula is C15H15Cl2FN4O3S. The summed E-state index contributed by atoms with van der Waals surface area (Å²) in [4.78, 5) is 18.0. The fourth-order valence-corrected chi connectivity index (χ4v) is 2.56. The van der Waals surface area contributed by atoms with Gasteiger partial charge < -0.3 is 10.3 Å². The number of pyridine rings is 2. The molecule has 3 aromatic rings. The summed E-state index contributed by atoms with van der Waals surface area (Å²) in [5.74, 6) is -0.486. The SMILES string of the molecule is Cl.Cl.O=c1ccc2c(Nc3cc(CN[SH](=O)=O)ccc3F)ccnc2[nH]1. The first-order chi connectivity index (χ1) is 11.5. The van der Waals surface area contributed by atoms with Crippen molar-refractivity contribution in [3.63, 3.8) is 0 Å². The lowest BCUT2D eigenvalue weighted by molar-refractivity contribution is 0.601. The van der Waals surface area contributed by atoms with Crippen molar-refractivity contribution in [3.8, 4) is 0 Å². The largest absolute Gasteiger partial charge is 0.352 e. The van der Waals surface area contributed by atoms with Gasteiger partial charge in [0, 0.05) is 24.2 Å². The van der Waals surface area contributed by atoms with E-state index in [0.717, 1.165) is 0 Å². The summed E-state index contributed by atoms with van der Waals surface area (Å²) in [6.07, 6.45) is 1.49. The first-order valence-corrected chi connectivity index (χ1v) is 8.12. The summed E-state index contributed by atoms with van der Waals surface area (Å²) in [6.45, 7) is 0.0675. The third-order valence-corrected chi connectivity index (χ3v) is 3.76. The standard InChI is InChI=1S/C15H13FN4O3S.2ClH/c16-11-3-1-9(8-18-24(22)23)7-13(11)19-12-5-6-17-15-10(12)2-4-14(21)20-15;;/h1-7,24H,8H2,(H,18,22,23)(H2,17,19,20,21);2*1H. The van der Waals surface area contributed by atoms with Crippen LogP contribution in [-0.2, 0) is 17.4 Å². The Hall–Kier alpha value is -2.20. The molecule has 0 atom stereocenters. The second-order valence-electron chi connectivity index (χ2n) is 4.97. The minimum Gasteiger partial charge on any atom is -0.352 e. The maximum absolute atomic E-state index is 14.0. The Morgan fingerprint density at radius 2 is 1.85 bits per heavy atom. The Morgan fingerprint density at radius 3 is 2.58 bits per heavy atom. The number of halogens is 3. The van der Waals surface area contributed by atoms with Gasteiger partial charge in [0.05, 0.1) is 11.4 Å². The zero-order chi connectivity index (χ0) is 17.1. The van der Waals surface area contributed by atoms with Gasteiger partial charge in [0.25, 0.3) is 0 Å². The minimum absolute atomic E-state index is 0. The van der Waals surface area contributed by atoms with E-state index in [1.54, 1.807) is 12.1 Å². The van der Waals surface area contributed by atoms with Crippen LogP contribution in [0.4, 0.5) is 15.8 Å². The van der Waals surface area contributed by atoms with Crippen molar-refractivity contribution in [2.24, 2.45) is 0 Å². The van der Waals surface area contributed by atoms with Gasteiger partial charge in [-0.25, -0.2) is 22.5 Å². The molecule has 7 nitrogen and oxygen atoms in total. The average Bonchev–Trinajstić information content (AvgIpc) is 2.55. The van der Waals surface area contributed by atoms with Crippen LogP contribution in [0.5, 0.6) is 0 Å². The van der Waals surface area contributed by atoms with E-state index in [4.69, 9.17) is 0 Å². The van der Waals surface area contributed by atoms with Gasteiger partial charge in [-0.1, -0.05) is 6.07 Å². The van der Waals surface area contributed by atoms with E-state index in [2.05, 4.69) is 20.0 Å². The molecule has 0 aliphatic carbocycles. The van der Waals surface area contributed by atoms with Gasteiger partial charge in [-0.2, -0.15) is 0 Å². The highest BCUT2D eigenvalue weighted by molar-refractivity contribution is 7.70. The van der Waals surface area contributed by atoms with E-state index in [9.17, 15) is 17.6 Å². The third-order valence-electron chi connectivity index (χ3n) is 3.35. The second kappa shape index (κ2) is 9.48. The fraction of sp³-hybridized carbons (Fsp3) is 0.0667. The molecule has 0 saturated carbocycles. The fourth-order valence-electron chi connectivity index (χ4n) is 2.25. The number of benzene rings is 1. The van der Waals surface area contributed by atoms with Crippen LogP contribution in [0, 0.1) is 5.82 Å². The zero-order valence-electron chi connectivity index (χ0n) is 13.1. The van der Waals surface area contributed by atoms with Gasteiger partial charge in [-0.15, -0.1) is 24.8 Å². The van der Waals surface area contributed by atoms with Crippen molar-refractivity contribution < 1.29 is 12.8 Å². The molecule has 26 heavy (non-hydrogen) atoms. The van der Waals surface area contributed by atoms with Gasteiger partial charge in [0.1, 0.15) is 11.5 Å². The van der Waals surface area contributed by atoms with Crippen LogP contribution >= 0.6 is 24.8 Å². The minimum atomic E-state index is -2.72. The third kappa shape index (κ3) is 5.15. The molecule has 0 unspecified atom stereocenters. The number of hydrogen-bond donors (Lipinski definition) is 4. The Balaban J connectivity index is 0.00000169. The van der Waals surface area contributed by atoms with E-state index < -0.39 is 16.7 Å². The van der Waals surface area contributed by atoms with Crippen LogP contribution in [0.1, 0.15) is 5.56 Å². The normalized spacial score (nSPS) is 10.2. The monoisotopic (exact) mass is 420 g/mol. The molecule has 1 aromatic carbocycles. The van der Waals surface area contributed by atoms with E-state index in [1.165, 1.54) is 30.5 Å². The number of aromatic amines is 1. The number of fused-ring (bicyclic) bond motifs is 1. The molecule has 0 aliphatic rings. The molecular weight excluding hydrogens is 406 g/mol. The van der Waals surface area contributed by atoms with Gasteiger partial charge >= 0.3 is 0 Å². The highest BCUT2D eigenvalue weighted by atomic mass is 35.5. The van der Waals surface area contributed by atoms with Crippen molar-refractivity contribution in [2.75, 3.05) is 5.32 Å². The van der Waals surface area contributed by atoms with Crippen LogP contribution in [-0.4, -0.2) is 18.4 Å². The maximum atomic E-state index is 14.0. The number of anilines is 2. The van der Waals surface area contributed by atoms with Crippen LogP contribution in [0.2, 0.25) is 0 Å². The Labute approximate surface area is 162 Å². The van der Waals surface area contributed by atoms with Crippen molar-refractivity contribution >= 4 is 58.1 Å². The number of aromatic nitrogens is 2. The molecule has 0 aliphatic heterocycles. The predicted octanol–water partition coefficient (Wildman–Crippen LogP) is 2.27. The first kappa shape index (κ1) is 21.8. The van der Waals surface area contributed by atoms with E-state index in [0.29, 0.717) is 22.3 Å². The second-order valence-corrected chi connectivity index (χ2v) is 5.81. The molecule has 2 aromatic heterocycles. The van der Waals surface area contributed by atoms with E-state index >= 15 is 0 Å². The van der Waals surface area contributed by atoms with Gasteiger partial charge in [-0.3, -0.25) is 4.79 Å². The predicted molar refractivity (Wildman–Crippen MR) is 104 cm³/mol. The molecule has 0 amide bonds. The quantitative estimate of drug-likeness (QED) is 0.474. The summed E-state index contributed by atoms with van der Waals surface area (Å²) in [5.41, 5.74) is 1.46. The summed E-state index contributed by atoms with van der Waals surface area (Å²) in [7, 11) is -2.72. The van der Waals surface area contributed by atoms with E-state index in [-0.39, 0.29) is 42.6 Å². The number of hydrogen-bond acceptors (Lipinski definition) is 5. The first-order valence-electron chi connectivity index (χ1n) is 6.94. The molecule has 11 heteroatoms. The van der Waals surface area contributed by atoms with Gasteiger partial charge in [0.2, 0.25) is 16.4 Å². The lowest BCUT2D eigenvalue weighted by Gasteiger charge is -2.11. The zero-order valence-corrected chi connectivity index (χ0v) is 15.6. The Bertz CT molecular complexity index is 1030. The lowest BCUT2D eigenvalue weighted by Crippen LogP contribution is -2.10. The smallest absolute Gasteiger partial charge is 0.249 e. The highest BCUT2D eigenvalue weighted by Gasteiger charge is 2.08. The molecule has 3 rings (SSSR count). The van der Waals surface area contributed by atoms with Crippen molar-refractivity contribution in [1.82, 2.24) is 14.7 Å². The molecule has 3 N–H and O–H groups in total. The number of nitrogens with zero attached hydrogens (tertiary/aromatic N) is 1. The topological polar surface area (TPSA) is 104 Å². The molecule has 2 heterocycles.